The zero-order chi connectivity index (χ0) is 67.0. The lowest BCUT2D eigenvalue weighted by Crippen LogP contribution is -2.18. The van der Waals surface area contributed by atoms with Crippen LogP contribution in [0.5, 0.6) is 34.5 Å². The maximum absolute atomic E-state index is 12.4. The highest BCUT2D eigenvalue weighted by Crippen LogP contribution is 2.43. The molecule has 0 aliphatic heterocycles. The Kier molecular flexibility index (Phi) is 27.1. The van der Waals surface area contributed by atoms with Crippen LogP contribution in [0.15, 0.2) is 109 Å². The van der Waals surface area contributed by atoms with Gasteiger partial charge in [0.05, 0.1) is 17.7 Å². The highest BCUT2D eigenvalue weighted by atomic mass is 35.5. The molecule has 474 valence electrons. The van der Waals surface area contributed by atoms with Crippen LogP contribution >= 0.6 is 11.6 Å². The fourth-order valence-electron chi connectivity index (χ4n) is 8.48. The van der Waals surface area contributed by atoms with Gasteiger partial charge in [-0.1, -0.05) is 138 Å². The van der Waals surface area contributed by atoms with Gasteiger partial charge in [-0.2, -0.15) is 0 Å². The lowest BCUT2D eigenvalue weighted by molar-refractivity contribution is -0.132. The third-order valence-electron chi connectivity index (χ3n) is 13.1. The van der Waals surface area contributed by atoms with Crippen molar-refractivity contribution in [1.82, 2.24) is 0 Å². The van der Waals surface area contributed by atoms with Crippen LogP contribution < -0.4 is 9.47 Å². The first-order valence-electron chi connectivity index (χ1n) is 29.0. The van der Waals surface area contributed by atoms with Crippen molar-refractivity contribution in [2.45, 2.75) is 205 Å². The molecule has 5 N–H and O–H groups in total. The maximum Gasteiger partial charge on any atom is 0.338 e. The normalized spacial score (nSPS) is 11.5. The molecule has 0 atom stereocenters. The minimum Gasteiger partial charge on any atom is -0.508 e. The number of benzene rings is 6. The third-order valence-corrected chi connectivity index (χ3v) is 13.3. The van der Waals surface area contributed by atoms with E-state index in [4.69, 9.17) is 30.5 Å². The Morgan fingerprint density at radius 2 is 0.609 bits per heavy atom. The molecule has 6 rings (SSSR count). The predicted octanol–water partition coefficient (Wildman–Crippen LogP) is 16.8. The minimum absolute atomic E-state index is 0.00639. The molecular weight excluding hydrogens is 1120 g/mol. The molecule has 0 saturated heterocycles. The quantitative estimate of drug-likeness (QED) is 0.0489. The molecule has 0 saturated carbocycles. The molecule has 0 heterocycles. The van der Waals surface area contributed by atoms with Crippen LogP contribution in [0.4, 0.5) is 0 Å². The van der Waals surface area contributed by atoms with Crippen molar-refractivity contribution >= 4 is 40.7 Å². The summed E-state index contributed by atoms with van der Waals surface area (Å²) in [6.07, 6.45) is 0. The highest BCUT2D eigenvalue weighted by Gasteiger charge is 2.30. The molecule has 6 aromatic carbocycles. The summed E-state index contributed by atoms with van der Waals surface area (Å²) in [5.74, 6) is 0.0923. The Bertz CT molecular complexity index is 3170. The van der Waals surface area contributed by atoms with Gasteiger partial charge in [0.1, 0.15) is 47.7 Å². The molecule has 0 unspecified atom stereocenters. The number of aliphatic hydroxyl groups excluding tert-OH is 1. The molecule has 0 bridgehead atoms. The van der Waals surface area contributed by atoms with Crippen molar-refractivity contribution in [2.24, 2.45) is 0 Å². The van der Waals surface area contributed by atoms with Crippen molar-refractivity contribution < 1.29 is 68.5 Å². The zero-order valence-corrected chi connectivity index (χ0v) is 56.1. The first kappa shape index (κ1) is 75.4. The van der Waals surface area contributed by atoms with Crippen LogP contribution in [-0.4, -0.2) is 54.7 Å². The monoisotopic (exact) mass is 1220 g/mol. The number of hydrogen-bond donors (Lipinski definition) is 5. The van der Waals surface area contributed by atoms with Crippen molar-refractivity contribution in [3.05, 3.63) is 176 Å². The summed E-state index contributed by atoms with van der Waals surface area (Å²) in [6, 6.07) is 29.5. The van der Waals surface area contributed by atoms with Crippen molar-refractivity contribution in [3.8, 4) is 34.5 Å². The van der Waals surface area contributed by atoms with E-state index in [1.165, 1.54) is 62.4 Å². The van der Waals surface area contributed by atoms with Crippen LogP contribution in [0.25, 0.3) is 0 Å². The Labute approximate surface area is 521 Å². The minimum atomic E-state index is -0.533. The van der Waals surface area contributed by atoms with E-state index in [1.54, 1.807) is 24.3 Å². The first-order chi connectivity index (χ1) is 39.8. The number of esters is 4. The molecule has 0 aliphatic carbocycles. The molecule has 0 amide bonds. The molecule has 0 aliphatic rings. The maximum atomic E-state index is 12.4. The lowest BCUT2D eigenvalue weighted by Gasteiger charge is -2.28. The van der Waals surface area contributed by atoms with Gasteiger partial charge >= 0.3 is 23.9 Å². The van der Waals surface area contributed by atoms with E-state index in [0.717, 1.165) is 50.1 Å². The van der Waals surface area contributed by atoms with E-state index in [0.29, 0.717) is 45.4 Å². The third kappa shape index (κ3) is 23.8. The van der Waals surface area contributed by atoms with Gasteiger partial charge in [0.25, 0.3) is 5.24 Å². The van der Waals surface area contributed by atoms with E-state index >= 15 is 0 Å². The predicted molar refractivity (Wildman–Crippen MR) is 346 cm³/mol. The van der Waals surface area contributed by atoms with Gasteiger partial charge < -0.3 is 44.5 Å². The number of phenolic OH excluding ortho intramolecular Hbond substituents is 4. The summed E-state index contributed by atoms with van der Waals surface area (Å²) < 4.78 is 20.6. The van der Waals surface area contributed by atoms with Gasteiger partial charge in [-0.25, -0.2) is 9.59 Å². The molecule has 6 aromatic rings. The van der Waals surface area contributed by atoms with Gasteiger partial charge in [0.2, 0.25) is 0 Å². The fraction of sp³-hybridized carbons (Fsp3) is 0.431. The lowest BCUT2D eigenvalue weighted by atomic mass is 9.78. The summed E-state index contributed by atoms with van der Waals surface area (Å²) in [7, 11) is 0. The second-order valence-corrected chi connectivity index (χ2v) is 27.3. The van der Waals surface area contributed by atoms with Crippen LogP contribution in [0.2, 0.25) is 0 Å². The number of halogens is 1. The fourth-order valence-corrected chi connectivity index (χ4v) is 8.60. The summed E-state index contributed by atoms with van der Waals surface area (Å²) in [6.45, 7) is 43.7. The van der Waals surface area contributed by atoms with E-state index in [-0.39, 0.29) is 58.1 Å². The summed E-state index contributed by atoms with van der Waals surface area (Å²) in [5.41, 5.74) is 7.51. The van der Waals surface area contributed by atoms with E-state index in [1.807, 2.05) is 133 Å². The number of hydrogen-bond acceptors (Lipinski definition) is 14. The number of carbonyl (C=O) groups excluding carboxylic acids is 5. The molecule has 0 fully saturated rings. The van der Waals surface area contributed by atoms with E-state index in [9.17, 15) is 49.5 Å². The van der Waals surface area contributed by atoms with Crippen LogP contribution in [0, 0.1) is 0 Å². The van der Waals surface area contributed by atoms with Gasteiger partial charge in [0, 0.05) is 19.4 Å². The molecule has 0 radical (unpaired) electrons. The number of aromatic hydroxyl groups is 4. The van der Waals surface area contributed by atoms with Crippen molar-refractivity contribution in [2.75, 3.05) is 0 Å². The summed E-state index contributed by atoms with van der Waals surface area (Å²) in [4.78, 5) is 56.7. The number of phenols is 4. The smallest absolute Gasteiger partial charge is 0.338 e. The molecule has 14 nitrogen and oxygen atoms in total. The Morgan fingerprint density at radius 1 is 0.379 bits per heavy atom. The second kappa shape index (κ2) is 31.3. The Morgan fingerprint density at radius 3 is 0.828 bits per heavy atom. The van der Waals surface area contributed by atoms with Crippen LogP contribution in [-0.2, 0) is 71.4 Å². The number of rotatable bonds is 10. The topological polar surface area (TPSA) is 223 Å². The van der Waals surface area contributed by atoms with Crippen LogP contribution in [0.1, 0.15) is 233 Å². The Balaban J connectivity index is 0.000000408. The first-order valence-corrected chi connectivity index (χ1v) is 29.3. The molecule has 0 spiro atoms. The van der Waals surface area contributed by atoms with E-state index in [2.05, 4.69) is 41.5 Å². The zero-order valence-electron chi connectivity index (χ0n) is 55.3. The average Bonchev–Trinajstić information content (AvgIpc) is 1.30. The van der Waals surface area contributed by atoms with Crippen LogP contribution in [0.3, 0.4) is 0 Å². The standard InChI is InChI=1S/C24H30O5.C22H28O4.C15H24O2.C9H7ClO3.C2H6/c1-15(25)29-18-10-8-17(9-11-18)22(27)28-14-16-12-19(23(2,3)4)21(26)20(13-16)24(5,6)7;1-21(2,3)17-11-14(12-18(19(17)24)22(4,5)6)13-26-20(25)15-7-9-16(23)10-8-15;1-14(2,3)11-7-10(9-16)8-12(13(11)17)15(4,5)6;1-6(11)13-8-4-2-7(3-5-8)9(10)12;1-2/h8-13,26H,14H2,1-7H3;7-12,23-24H,13H2,1-6H3;7-8,16-17H,9H2,1-6H3;2-5H,1H3;1-2H3. The number of carbonyl (C=O) groups is 5. The van der Waals surface area contributed by atoms with Crippen molar-refractivity contribution in [3.63, 3.8) is 0 Å². The average molecular weight is 1220 g/mol. The SMILES string of the molecule is CC.CC(=O)Oc1ccc(C(=O)Cl)cc1.CC(=O)Oc1ccc(C(=O)OCc2cc(C(C)(C)C)c(O)c(C(C)(C)C)c2)cc1.CC(C)(C)c1cc(CO)cc(C(C)(C)C)c1O.CC(C)(C)c1cc(COC(=O)c2ccc(O)cc2)cc(C(C)(C)C)c1O. The van der Waals surface area contributed by atoms with Gasteiger partial charge in [-0.15, -0.1) is 0 Å². The largest absolute Gasteiger partial charge is 0.508 e. The number of aliphatic hydroxyl groups is 1. The van der Waals surface area contributed by atoms with Gasteiger partial charge in [-0.05, 0) is 203 Å². The summed E-state index contributed by atoms with van der Waals surface area (Å²) in [5, 5.41) is 50.0. The second-order valence-electron chi connectivity index (χ2n) is 27.0. The molecule has 15 heteroatoms. The van der Waals surface area contributed by atoms with Gasteiger partial charge in [-0.3, -0.25) is 14.4 Å². The highest BCUT2D eigenvalue weighted by molar-refractivity contribution is 6.67. The molecule has 0 aromatic heterocycles. The van der Waals surface area contributed by atoms with Crippen molar-refractivity contribution in [1.29, 1.82) is 0 Å². The summed E-state index contributed by atoms with van der Waals surface area (Å²) >= 11 is 5.21. The Hall–Kier alpha value is -7.68. The number of ether oxygens (including phenoxy) is 4. The van der Waals surface area contributed by atoms with E-state index < -0.39 is 29.1 Å². The van der Waals surface area contributed by atoms with Gasteiger partial charge in [0.15, 0.2) is 0 Å². The molecular formula is C72H95ClO14. The molecule has 87 heavy (non-hydrogen) atoms.